The van der Waals surface area contributed by atoms with Gasteiger partial charge in [-0.2, -0.15) is 4.39 Å². The Morgan fingerprint density at radius 2 is 2.12 bits per heavy atom. The lowest BCUT2D eigenvalue weighted by molar-refractivity contribution is -0.387. The number of hydrogen-bond donors (Lipinski definition) is 0. The Bertz CT molecular complexity index is 462. The summed E-state index contributed by atoms with van der Waals surface area (Å²) in [6.45, 7) is 1.69. The number of nitro benzene ring substituents is 1. The molecule has 0 saturated heterocycles. The predicted molar refractivity (Wildman–Crippen MR) is 53.6 cm³/mol. The number of carbonyl (C=O) groups excluding carboxylic acids is 1. The molecular formula is C10H9F2NO4. The van der Waals surface area contributed by atoms with Crippen molar-refractivity contribution in [3.8, 4) is 0 Å². The zero-order chi connectivity index (χ0) is 13.0. The van der Waals surface area contributed by atoms with Gasteiger partial charge in [0.2, 0.25) is 5.82 Å². The van der Waals surface area contributed by atoms with Crippen molar-refractivity contribution in [1.82, 2.24) is 0 Å². The maximum atomic E-state index is 13.5. The summed E-state index contributed by atoms with van der Waals surface area (Å²) in [6.07, 6.45) is 0.476. The van der Waals surface area contributed by atoms with Gasteiger partial charge in [-0.3, -0.25) is 10.1 Å². The lowest BCUT2D eigenvalue weighted by Crippen LogP contribution is -2.12. The fraction of sp³-hybridized carbons (Fsp3) is 0.300. The van der Waals surface area contributed by atoms with Gasteiger partial charge in [-0.05, 0) is 12.5 Å². The number of hydrogen-bond acceptors (Lipinski definition) is 4. The van der Waals surface area contributed by atoms with Crippen molar-refractivity contribution in [2.24, 2.45) is 0 Å². The molecule has 0 aliphatic carbocycles. The van der Waals surface area contributed by atoms with E-state index in [0.717, 1.165) is 0 Å². The van der Waals surface area contributed by atoms with Crippen LogP contribution < -0.4 is 0 Å². The fourth-order valence-corrected chi connectivity index (χ4v) is 1.14. The minimum atomic E-state index is -1.52. The van der Waals surface area contributed by atoms with Crippen LogP contribution in [0.25, 0.3) is 0 Å². The van der Waals surface area contributed by atoms with Crippen molar-refractivity contribution in [3.63, 3.8) is 0 Å². The highest BCUT2D eigenvalue weighted by Crippen LogP contribution is 2.23. The number of nitrogens with zero attached hydrogens (tertiary/aromatic N) is 1. The molecule has 0 radical (unpaired) electrons. The first-order chi connectivity index (χ1) is 7.99. The van der Waals surface area contributed by atoms with Gasteiger partial charge in [-0.25, -0.2) is 9.18 Å². The Morgan fingerprint density at radius 1 is 1.47 bits per heavy atom. The Balaban J connectivity index is 3.18. The number of rotatable bonds is 4. The van der Waals surface area contributed by atoms with E-state index in [2.05, 4.69) is 4.74 Å². The van der Waals surface area contributed by atoms with Gasteiger partial charge in [0.05, 0.1) is 11.5 Å². The van der Waals surface area contributed by atoms with E-state index >= 15 is 0 Å². The van der Waals surface area contributed by atoms with Crippen LogP contribution in [-0.4, -0.2) is 17.5 Å². The number of carbonyl (C=O) groups is 1. The lowest BCUT2D eigenvalue weighted by atomic mass is 10.1. The molecule has 1 rings (SSSR count). The lowest BCUT2D eigenvalue weighted by Gasteiger charge is -2.05. The molecule has 92 valence electrons. The Kier molecular flexibility index (Phi) is 4.08. The number of halogens is 2. The Morgan fingerprint density at radius 3 is 2.65 bits per heavy atom. The second-order valence-corrected chi connectivity index (χ2v) is 3.15. The maximum absolute atomic E-state index is 13.5. The number of nitro groups is 1. The van der Waals surface area contributed by atoms with Gasteiger partial charge >= 0.3 is 11.7 Å². The molecular weight excluding hydrogens is 236 g/mol. The summed E-state index contributed by atoms with van der Waals surface area (Å²) in [5, 5.41) is 10.4. The van der Waals surface area contributed by atoms with Gasteiger partial charge in [-0.1, -0.05) is 6.92 Å². The molecule has 0 N–H and O–H groups in total. The number of esters is 1. The van der Waals surface area contributed by atoms with Crippen molar-refractivity contribution in [2.75, 3.05) is 6.61 Å². The van der Waals surface area contributed by atoms with Gasteiger partial charge in [0.15, 0.2) is 0 Å². The van der Waals surface area contributed by atoms with Crippen LogP contribution in [0.1, 0.15) is 23.7 Å². The summed E-state index contributed by atoms with van der Waals surface area (Å²) < 4.78 is 31.2. The van der Waals surface area contributed by atoms with Crippen LogP contribution in [0.3, 0.4) is 0 Å². The molecule has 0 spiro atoms. The summed E-state index contributed by atoms with van der Waals surface area (Å²) in [4.78, 5) is 20.7. The summed E-state index contributed by atoms with van der Waals surface area (Å²) in [6, 6.07) is 1.31. The van der Waals surface area contributed by atoms with E-state index in [9.17, 15) is 23.7 Å². The average molecular weight is 245 g/mol. The van der Waals surface area contributed by atoms with Gasteiger partial charge in [0.1, 0.15) is 11.4 Å². The smallest absolute Gasteiger partial charge is 0.344 e. The standard InChI is InChI=1S/C10H9F2NO4/c1-2-5-17-10(14)8-6(11)3-4-7(9(8)12)13(15)16/h3-4H,2,5H2,1H3. The van der Waals surface area contributed by atoms with Crippen LogP contribution in [0.15, 0.2) is 12.1 Å². The molecule has 7 heteroatoms. The first-order valence-electron chi connectivity index (χ1n) is 4.78. The van der Waals surface area contributed by atoms with E-state index < -0.39 is 33.8 Å². The molecule has 0 aliphatic heterocycles. The van der Waals surface area contributed by atoms with Crippen molar-refractivity contribution >= 4 is 11.7 Å². The van der Waals surface area contributed by atoms with Crippen molar-refractivity contribution < 1.29 is 23.2 Å². The van der Waals surface area contributed by atoms with Crippen LogP contribution in [0.4, 0.5) is 14.5 Å². The molecule has 0 saturated carbocycles. The van der Waals surface area contributed by atoms with Crippen LogP contribution in [0, 0.1) is 21.7 Å². The maximum Gasteiger partial charge on any atom is 0.344 e. The third-order valence-corrected chi connectivity index (χ3v) is 1.91. The van der Waals surface area contributed by atoms with Gasteiger partial charge in [-0.15, -0.1) is 0 Å². The predicted octanol–water partition coefficient (Wildman–Crippen LogP) is 2.44. The third-order valence-electron chi connectivity index (χ3n) is 1.91. The van der Waals surface area contributed by atoms with Crippen LogP contribution in [0.2, 0.25) is 0 Å². The van der Waals surface area contributed by atoms with Gasteiger partial charge in [0, 0.05) is 6.07 Å². The highest BCUT2D eigenvalue weighted by atomic mass is 19.1. The van der Waals surface area contributed by atoms with Crippen molar-refractivity contribution in [3.05, 3.63) is 39.4 Å². The Hall–Kier alpha value is -2.05. The molecule has 0 unspecified atom stereocenters. The van der Waals surface area contributed by atoms with E-state index in [-0.39, 0.29) is 6.61 Å². The molecule has 0 aromatic heterocycles. The van der Waals surface area contributed by atoms with Crippen molar-refractivity contribution in [2.45, 2.75) is 13.3 Å². The molecule has 0 aliphatic rings. The van der Waals surface area contributed by atoms with E-state index in [0.29, 0.717) is 18.6 Å². The van der Waals surface area contributed by atoms with E-state index in [1.54, 1.807) is 6.92 Å². The minimum Gasteiger partial charge on any atom is -0.462 e. The zero-order valence-electron chi connectivity index (χ0n) is 8.91. The molecule has 1 aromatic rings. The molecule has 0 bridgehead atoms. The average Bonchev–Trinajstić information content (AvgIpc) is 2.25. The monoisotopic (exact) mass is 245 g/mol. The summed E-state index contributed by atoms with van der Waals surface area (Å²) in [7, 11) is 0. The van der Waals surface area contributed by atoms with E-state index in [1.165, 1.54) is 0 Å². The summed E-state index contributed by atoms with van der Waals surface area (Å²) >= 11 is 0. The second kappa shape index (κ2) is 5.33. The molecule has 17 heavy (non-hydrogen) atoms. The molecule has 0 fully saturated rings. The molecule has 0 amide bonds. The van der Waals surface area contributed by atoms with E-state index in [4.69, 9.17) is 0 Å². The van der Waals surface area contributed by atoms with Crippen LogP contribution in [0.5, 0.6) is 0 Å². The first kappa shape index (κ1) is 13.0. The Labute approximate surface area is 95.2 Å². The number of ether oxygens (including phenoxy) is 1. The van der Waals surface area contributed by atoms with Gasteiger partial charge in [0.25, 0.3) is 0 Å². The SMILES string of the molecule is CCCOC(=O)c1c(F)ccc([N+](=O)[O-])c1F. The molecule has 0 heterocycles. The minimum absolute atomic E-state index is 0.0135. The number of benzene rings is 1. The quantitative estimate of drug-likeness (QED) is 0.464. The highest BCUT2D eigenvalue weighted by Gasteiger charge is 2.26. The fourth-order valence-electron chi connectivity index (χ4n) is 1.14. The second-order valence-electron chi connectivity index (χ2n) is 3.15. The van der Waals surface area contributed by atoms with Crippen LogP contribution >= 0.6 is 0 Å². The topological polar surface area (TPSA) is 69.4 Å². The molecule has 1 aromatic carbocycles. The first-order valence-corrected chi connectivity index (χ1v) is 4.78. The normalized spacial score (nSPS) is 10.1. The van der Waals surface area contributed by atoms with Crippen LogP contribution in [-0.2, 0) is 4.74 Å². The molecule has 0 atom stereocenters. The highest BCUT2D eigenvalue weighted by molar-refractivity contribution is 5.90. The summed E-state index contributed by atoms with van der Waals surface area (Å²) in [5.41, 5.74) is -2.00. The molecule has 5 nitrogen and oxygen atoms in total. The largest absolute Gasteiger partial charge is 0.462 e. The van der Waals surface area contributed by atoms with E-state index in [1.807, 2.05) is 0 Å². The van der Waals surface area contributed by atoms with Gasteiger partial charge < -0.3 is 4.74 Å². The van der Waals surface area contributed by atoms with Crippen molar-refractivity contribution in [1.29, 1.82) is 0 Å². The summed E-state index contributed by atoms with van der Waals surface area (Å²) in [5.74, 6) is -3.95. The third kappa shape index (κ3) is 2.74. The zero-order valence-corrected chi connectivity index (χ0v) is 8.91.